The Labute approximate surface area is 164 Å². The fourth-order valence-electron chi connectivity index (χ4n) is 3.07. The van der Waals surface area contributed by atoms with Gasteiger partial charge in [-0.3, -0.25) is 4.79 Å². The summed E-state index contributed by atoms with van der Waals surface area (Å²) in [5, 5.41) is 7.26. The Morgan fingerprint density at radius 1 is 1.07 bits per heavy atom. The summed E-state index contributed by atoms with van der Waals surface area (Å²) in [5.41, 5.74) is 3.03. The number of amides is 1. The lowest BCUT2D eigenvalue weighted by molar-refractivity contribution is 0.102. The molecule has 1 aromatic heterocycles. The Bertz CT molecular complexity index is 1000. The number of aromatic nitrogens is 2. The Morgan fingerprint density at radius 2 is 1.82 bits per heavy atom. The average Bonchev–Trinajstić information content (AvgIpc) is 3.30. The van der Waals surface area contributed by atoms with E-state index in [9.17, 15) is 4.79 Å². The van der Waals surface area contributed by atoms with Crippen LogP contribution in [-0.4, -0.2) is 22.5 Å². The second kappa shape index (κ2) is 7.03. The molecule has 0 spiro atoms. The smallest absolute Gasteiger partial charge is 0.256 e. The number of rotatable bonds is 4. The van der Waals surface area contributed by atoms with Crippen molar-refractivity contribution >= 4 is 11.7 Å². The van der Waals surface area contributed by atoms with E-state index in [2.05, 4.69) is 55.5 Å². The van der Waals surface area contributed by atoms with Gasteiger partial charge in [-0.15, -0.1) is 0 Å². The van der Waals surface area contributed by atoms with E-state index in [0.717, 1.165) is 5.56 Å². The zero-order chi connectivity index (χ0) is 19.7. The molecule has 6 heteroatoms. The zero-order valence-corrected chi connectivity index (χ0v) is 16.2. The highest BCUT2D eigenvalue weighted by molar-refractivity contribution is 6.04. The van der Waals surface area contributed by atoms with E-state index in [-0.39, 0.29) is 18.1 Å². The molecule has 2 aromatic carbocycles. The van der Waals surface area contributed by atoms with Gasteiger partial charge >= 0.3 is 0 Å². The minimum absolute atomic E-state index is 0.119. The lowest BCUT2D eigenvalue weighted by Crippen LogP contribution is -2.16. The molecule has 0 saturated heterocycles. The van der Waals surface area contributed by atoms with Crippen molar-refractivity contribution in [1.29, 1.82) is 0 Å². The maximum atomic E-state index is 12.6. The molecule has 0 saturated carbocycles. The first-order valence-corrected chi connectivity index (χ1v) is 9.22. The normalized spacial score (nSPS) is 12.8. The van der Waals surface area contributed by atoms with Gasteiger partial charge in [-0.2, -0.15) is 5.10 Å². The highest BCUT2D eigenvalue weighted by Crippen LogP contribution is 2.32. The van der Waals surface area contributed by atoms with Crippen molar-refractivity contribution in [3.8, 4) is 11.5 Å². The summed E-state index contributed by atoms with van der Waals surface area (Å²) in [7, 11) is 0. The first-order chi connectivity index (χ1) is 13.4. The van der Waals surface area contributed by atoms with Crippen LogP contribution in [0.1, 0.15) is 42.3 Å². The molecule has 144 valence electrons. The highest BCUT2D eigenvalue weighted by atomic mass is 16.7. The van der Waals surface area contributed by atoms with Crippen molar-refractivity contribution < 1.29 is 14.3 Å². The molecule has 2 heterocycles. The summed E-state index contributed by atoms with van der Waals surface area (Å²) in [5.74, 6) is 1.66. The van der Waals surface area contributed by atoms with Crippen molar-refractivity contribution in [1.82, 2.24) is 9.78 Å². The van der Waals surface area contributed by atoms with Crippen LogP contribution in [-0.2, 0) is 12.0 Å². The quantitative estimate of drug-likeness (QED) is 0.740. The molecule has 0 radical (unpaired) electrons. The van der Waals surface area contributed by atoms with Crippen LogP contribution >= 0.6 is 0 Å². The maximum Gasteiger partial charge on any atom is 0.256 e. The molecular formula is C22H23N3O3. The van der Waals surface area contributed by atoms with E-state index in [1.807, 2.05) is 0 Å². The second-order valence-electron chi connectivity index (χ2n) is 7.84. The predicted octanol–water partition coefficient (Wildman–Crippen LogP) is 4.21. The molecule has 3 aromatic rings. The largest absolute Gasteiger partial charge is 0.454 e. The fraction of sp³-hybridized carbons (Fsp3) is 0.273. The summed E-state index contributed by atoms with van der Waals surface area (Å²) in [6.07, 6.45) is 1.68. The first-order valence-electron chi connectivity index (χ1n) is 9.22. The van der Waals surface area contributed by atoms with Crippen molar-refractivity contribution in [3.05, 3.63) is 71.4 Å². The van der Waals surface area contributed by atoms with Crippen LogP contribution in [0.3, 0.4) is 0 Å². The number of nitrogens with one attached hydrogen (secondary N) is 1. The minimum Gasteiger partial charge on any atom is -0.454 e. The van der Waals surface area contributed by atoms with Crippen LogP contribution in [0.15, 0.2) is 54.7 Å². The number of anilines is 1. The minimum atomic E-state index is -0.219. The van der Waals surface area contributed by atoms with Crippen LogP contribution in [0, 0.1) is 0 Å². The highest BCUT2D eigenvalue weighted by Gasteiger charge is 2.17. The third kappa shape index (κ3) is 3.71. The molecule has 1 aliphatic heterocycles. The van der Waals surface area contributed by atoms with E-state index < -0.39 is 0 Å². The molecule has 1 N–H and O–H groups in total. The number of carbonyl (C=O) groups is 1. The van der Waals surface area contributed by atoms with Gasteiger partial charge in [0.1, 0.15) is 5.82 Å². The molecule has 4 rings (SSSR count). The Hall–Kier alpha value is -3.28. The van der Waals surface area contributed by atoms with Gasteiger partial charge in [0.25, 0.3) is 5.91 Å². The molecule has 6 nitrogen and oxygen atoms in total. The Kier molecular flexibility index (Phi) is 4.55. The maximum absolute atomic E-state index is 12.6. The number of hydrogen-bond donors (Lipinski definition) is 1. The third-order valence-corrected chi connectivity index (χ3v) is 4.75. The molecule has 1 amide bonds. The number of nitrogens with zero attached hydrogens (tertiary/aromatic N) is 2. The van der Waals surface area contributed by atoms with Gasteiger partial charge in [0.15, 0.2) is 11.5 Å². The van der Waals surface area contributed by atoms with Gasteiger partial charge in [-0.05, 0) is 34.7 Å². The van der Waals surface area contributed by atoms with Crippen molar-refractivity contribution in [2.45, 2.75) is 32.7 Å². The molecule has 0 bridgehead atoms. The lowest BCUT2D eigenvalue weighted by atomic mass is 9.87. The van der Waals surface area contributed by atoms with Crippen LogP contribution in [0.2, 0.25) is 0 Å². The molecule has 0 fully saturated rings. The number of hydrogen-bond acceptors (Lipinski definition) is 4. The predicted molar refractivity (Wildman–Crippen MR) is 107 cm³/mol. The summed E-state index contributed by atoms with van der Waals surface area (Å²) >= 11 is 0. The molecule has 1 aliphatic rings. The van der Waals surface area contributed by atoms with Crippen LogP contribution in [0.25, 0.3) is 0 Å². The number of ether oxygens (including phenoxy) is 2. The zero-order valence-electron chi connectivity index (χ0n) is 16.2. The van der Waals surface area contributed by atoms with Gasteiger partial charge in [0.2, 0.25) is 6.79 Å². The Balaban J connectivity index is 1.47. The summed E-state index contributed by atoms with van der Waals surface area (Å²) < 4.78 is 12.4. The van der Waals surface area contributed by atoms with E-state index >= 15 is 0 Å². The monoisotopic (exact) mass is 377 g/mol. The second-order valence-corrected chi connectivity index (χ2v) is 7.84. The molecular weight excluding hydrogens is 354 g/mol. The van der Waals surface area contributed by atoms with E-state index in [1.54, 1.807) is 35.1 Å². The van der Waals surface area contributed by atoms with E-state index in [0.29, 0.717) is 29.4 Å². The van der Waals surface area contributed by atoms with Crippen molar-refractivity contribution in [3.63, 3.8) is 0 Å². The van der Waals surface area contributed by atoms with E-state index in [1.165, 1.54) is 5.56 Å². The fourth-order valence-corrected chi connectivity index (χ4v) is 3.07. The Morgan fingerprint density at radius 3 is 2.57 bits per heavy atom. The van der Waals surface area contributed by atoms with Crippen LogP contribution < -0.4 is 14.8 Å². The van der Waals surface area contributed by atoms with Gasteiger partial charge in [0.05, 0.1) is 12.7 Å². The standard InChI is InChI=1S/C22H23N3O3/c1-22(2,3)17-7-4-15(5-8-17)13-25-20(10-11-23-25)24-21(26)16-6-9-18-19(12-16)28-14-27-18/h4-12H,13-14H2,1-3H3,(H,24,26). The molecule has 0 aliphatic carbocycles. The van der Waals surface area contributed by atoms with Crippen molar-refractivity contribution in [2.24, 2.45) is 0 Å². The topological polar surface area (TPSA) is 65.4 Å². The summed E-state index contributed by atoms with van der Waals surface area (Å²) in [4.78, 5) is 12.6. The number of fused-ring (bicyclic) bond motifs is 1. The lowest BCUT2D eigenvalue weighted by Gasteiger charge is -2.19. The van der Waals surface area contributed by atoms with Crippen LogP contribution in [0.5, 0.6) is 11.5 Å². The summed E-state index contributed by atoms with van der Waals surface area (Å²) in [6, 6.07) is 15.4. The number of benzene rings is 2. The van der Waals surface area contributed by atoms with Crippen molar-refractivity contribution in [2.75, 3.05) is 12.1 Å². The molecule has 0 atom stereocenters. The van der Waals surface area contributed by atoms with Gasteiger partial charge in [0, 0.05) is 11.6 Å². The first kappa shape index (κ1) is 18.1. The third-order valence-electron chi connectivity index (χ3n) is 4.75. The summed E-state index contributed by atoms with van der Waals surface area (Å²) in [6.45, 7) is 7.34. The van der Waals surface area contributed by atoms with Gasteiger partial charge in [-0.1, -0.05) is 45.0 Å². The molecule has 0 unspecified atom stereocenters. The van der Waals surface area contributed by atoms with Gasteiger partial charge < -0.3 is 14.8 Å². The molecule has 28 heavy (non-hydrogen) atoms. The SMILES string of the molecule is CC(C)(C)c1ccc(Cn2nccc2NC(=O)c2ccc3c(c2)OCO3)cc1. The average molecular weight is 377 g/mol. The van der Waals surface area contributed by atoms with Crippen LogP contribution in [0.4, 0.5) is 5.82 Å². The van der Waals surface area contributed by atoms with E-state index in [4.69, 9.17) is 9.47 Å². The van der Waals surface area contributed by atoms with Gasteiger partial charge in [-0.25, -0.2) is 4.68 Å². The number of carbonyl (C=O) groups excluding carboxylic acids is 1.